The normalized spacial score (nSPS) is 16.6. The van der Waals surface area contributed by atoms with Crippen molar-refractivity contribution in [3.63, 3.8) is 0 Å². The Morgan fingerprint density at radius 3 is 2.47 bits per heavy atom. The van der Waals surface area contributed by atoms with Crippen LogP contribution in [0, 0.1) is 0 Å². The van der Waals surface area contributed by atoms with E-state index in [1.165, 1.54) is 6.20 Å². The molecule has 1 N–H and O–H groups in total. The zero-order valence-corrected chi connectivity index (χ0v) is 17.3. The Labute approximate surface area is 176 Å². The molecule has 5 rings (SSSR count). The zero-order chi connectivity index (χ0) is 20.6. The highest BCUT2D eigenvalue weighted by atomic mass is 32.2. The van der Waals surface area contributed by atoms with E-state index in [9.17, 15) is 8.42 Å². The SMILES string of the molecule is O=S(=O)(c1cncc(-c2ccc3c(c2)C(c2ccncc2)=CCN3)c1)N1CCCC1. The summed E-state index contributed by atoms with van der Waals surface area (Å²) in [6.07, 6.45) is 10.7. The minimum atomic E-state index is -3.50. The molecule has 0 saturated carbocycles. The predicted octanol–water partition coefficient (Wildman–Crippen LogP) is 3.79. The summed E-state index contributed by atoms with van der Waals surface area (Å²) >= 11 is 0. The van der Waals surface area contributed by atoms with Gasteiger partial charge in [0.15, 0.2) is 0 Å². The average molecular weight is 419 g/mol. The Kier molecular flexibility index (Phi) is 4.84. The van der Waals surface area contributed by atoms with Crippen molar-refractivity contribution in [1.29, 1.82) is 0 Å². The topological polar surface area (TPSA) is 75.2 Å². The smallest absolute Gasteiger partial charge is 0.244 e. The minimum Gasteiger partial charge on any atom is -0.381 e. The standard InChI is InChI=1S/C23H22N4O2S/c28-30(29,27-11-1-2-12-27)20-13-19(15-25-16-20)18-3-4-23-22(14-18)21(7-10-26-23)17-5-8-24-9-6-17/h3-9,13-16,26H,1-2,10-12H2. The molecule has 1 saturated heterocycles. The lowest BCUT2D eigenvalue weighted by Gasteiger charge is -2.21. The molecule has 0 unspecified atom stereocenters. The van der Waals surface area contributed by atoms with Crippen molar-refractivity contribution in [1.82, 2.24) is 14.3 Å². The highest BCUT2D eigenvalue weighted by molar-refractivity contribution is 7.89. The molecular formula is C23H22N4O2S. The van der Waals surface area contributed by atoms with E-state index in [-0.39, 0.29) is 4.90 Å². The summed E-state index contributed by atoms with van der Waals surface area (Å²) in [5.41, 5.74) is 6.11. The van der Waals surface area contributed by atoms with Crippen LogP contribution in [-0.4, -0.2) is 42.3 Å². The van der Waals surface area contributed by atoms with Crippen molar-refractivity contribution in [3.8, 4) is 11.1 Å². The molecule has 0 aliphatic carbocycles. The molecule has 152 valence electrons. The van der Waals surface area contributed by atoms with Crippen LogP contribution in [0.5, 0.6) is 0 Å². The van der Waals surface area contributed by atoms with Gasteiger partial charge >= 0.3 is 0 Å². The van der Waals surface area contributed by atoms with Crippen molar-refractivity contribution in [3.05, 3.63) is 78.4 Å². The van der Waals surface area contributed by atoms with Crippen LogP contribution in [0.3, 0.4) is 0 Å². The number of hydrogen-bond acceptors (Lipinski definition) is 5. The van der Waals surface area contributed by atoms with Crippen molar-refractivity contribution >= 4 is 21.3 Å². The fourth-order valence-corrected chi connectivity index (χ4v) is 5.58. The maximum absolute atomic E-state index is 12.9. The molecule has 0 spiro atoms. The first kappa shape index (κ1) is 19.0. The first-order valence-corrected chi connectivity index (χ1v) is 11.5. The highest BCUT2D eigenvalue weighted by Crippen LogP contribution is 2.36. The number of pyridine rings is 2. The van der Waals surface area contributed by atoms with E-state index in [4.69, 9.17) is 0 Å². The number of hydrogen-bond donors (Lipinski definition) is 1. The van der Waals surface area contributed by atoms with Crippen LogP contribution in [0.4, 0.5) is 5.69 Å². The van der Waals surface area contributed by atoms with Gasteiger partial charge in [-0.1, -0.05) is 12.1 Å². The monoisotopic (exact) mass is 418 g/mol. The summed E-state index contributed by atoms with van der Waals surface area (Å²) in [7, 11) is -3.50. The van der Waals surface area contributed by atoms with Gasteiger partial charge in [-0.2, -0.15) is 4.31 Å². The van der Waals surface area contributed by atoms with Crippen molar-refractivity contribution in [2.75, 3.05) is 25.0 Å². The van der Waals surface area contributed by atoms with E-state index in [0.29, 0.717) is 13.1 Å². The Morgan fingerprint density at radius 2 is 1.67 bits per heavy atom. The third kappa shape index (κ3) is 3.40. The first-order chi connectivity index (χ1) is 14.6. The second kappa shape index (κ2) is 7.66. The molecule has 3 aromatic rings. The van der Waals surface area contributed by atoms with E-state index in [1.807, 2.05) is 24.3 Å². The number of nitrogens with one attached hydrogen (secondary N) is 1. The molecule has 0 radical (unpaired) electrons. The fourth-order valence-electron chi connectivity index (χ4n) is 4.07. The van der Waals surface area contributed by atoms with Gasteiger partial charge in [0.05, 0.1) is 0 Å². The zero-order valence-electron chi connectivity index (χ0n) is 16.5. The summed E-state index contributed by atoms with van der Waals surface area (Å²) in [4.78, 5) is 8.61. The van der Waals surface area contributed by atoms with E-state index >= 15 is 0 Å². The maximum atomic E-state index is 12.9. The lowest BCUT2D eigenvalue weighted by molar-refractivity contribution is 0.477. The molecule has 1 fully saturated rings. The number of fused-ring (bicyclic) bond motifs is 1. The Balaban J connectivity index is 1.55. The highest BCUT2D eigenvalue weighted by Gasteiger charge is 2.27. The number of nitrogens with zero attached hydrogens (tertiary/aromatic N) is 3. The lowest BCUT2D eigenvalue weighted by atomic mass is 9.92. The van der Waals surface area contributed by atoms with E-state index in [1.54, 1.807) is 29.0 Å². The van der Waals surface area contributed by atoms with E-state index in [0.717, 1.165) is 52.9 Å². The van der Waals surface area contributed by atoms with Crippen LogP contribution in [0.1, 0.15) is 24.0 Å². The van der Waals surface area contributed by atoms with Gasteiger partial charge in [0, 0.05) is 61.2 Å². The minimum absolute atomic E-state index is 0.252. The molecule has 4 heterocycles. The molecular weight excluding hydrogens is 396 g/mol. The molecule has 7 heteroatoms. The summed E-state index contributed by atoms with van der Waals surface area (Å²) in [6, 6.07) is 11.9. The van der Waals surface area contributed by atoms with Gasteiger partial charge in [-0.15, -0.1) is 0 Å². The van der Waals surface area contributed by atoms with Gasteiger partial charge in [-0.25, -0.2) is 8.42 Å². The van der Waals surface area contributed by atoms with Crippen LogP contribution < -0.4 is 5.32 Å². The largest absolute Gasteiger partial charge is 0.381 e. The molecule has 0 bridgehead atoms. The summed E-state index contributed by atoms with van der Waals surface area (Å²) in [6.45, 7) is 1.92. The lowest BCUT2D eigenvalue weighted by Crippen LogP contribution is -2.27. The second-order valence-electron chi connectivity index (χ2n) is 7.52. The number of benzene rings is 1. The molecule has 30 heavy (non-hydrogen) atoms. The van der Waals surface area contributed by atoms with E-state index in [2.05, 4.69) is 27.4 Å². The summed E-state index contributed by atoms with van der Waals surface area (Å²) < 4.78 is 27.4. The second-order valence-corrected chi connectivity index (χ2v) is 9.45. The van der Waals surface area contributed by atoms with Crippen molar-refractivity contribution in [2.24, 2.45) is 0 Å². The fraction of sp³-hybridized carbons (Fsp3) is 0.217. The van der Waals surface area contributed by atoms with Crippen LogP contribution in [0.15, 0.2) is 72.2 Å². The summed E-state index contributed by atoms with van der Waals surface area (Å²) in [5, 5.41) is 3.40. The quantitative estimate of drug-likeness (QED) is 0.698. The Morgan fingerprint density at radius 1 is 0.867 bits per heavy atom. The third-order valence-electron chi connectivity index (χ3n) is 5.65. The molecule has 0 amide bonds. The number of sulfonamides is 1. The molecule has 1 aromatic carbocycles. The van der Waals surface area contributed by atoms with Gasteiger partial charge in [0.2, 0.25) is 10.0 Å². The third-order valence-corrected chi connectivity index (χ3v) is 7.51. The van der Waals surface area contributed by atoms with Crippen LogP contribution in [0.25, 0.3) is 16.7 Å². The molecule has 2 aromatic heterocycles. The maximum Gasteiger partial charge on any atom is 0.244 e. The Bertz CT molecular complexity index is 1220. The first-order valence-electron chi connectivity index (χ1n) is 10.1. The predicted molar refractivity (Wildman–Crippen MR) is 117 cm³/mol. The average Bonchev–Trinajstić information content (AvgIpc) is 3.35. The van der Waals surface area contributed by atoms with Gasteiger partial charge in [-0.05, 0) is 59.9 Å². The Hall–Kier alpha value is -3.03. The van der Waals surface area contributed by atoms with Gasteiger partial charge in [0.1, 0.15) is 4.90 Å². The van der Waals surface area contributed by atoms with Gasteiger partial charge < -0.3 is 5.32 Å². The molecule has 2 aliphatic heterocycles. The van der Waals surface area contributed by atoms with Crippen LogP contribution in [-0.2, 0) is 10.0 Å². The van der Waals surface area contributed by atoms with Crippen molar-refractivity contribution in [2.45, 2.75) is 17.7 Å². The van der Waals surface area contributed by atoms with Crippen LogP contribution in [0.2, 0.25) is 0 Å². The van der Waals surface area contributed by atoms with Crippen molar-refractivity contribution < 1.29 is 8.42 Å². The number of anilines is 1. The number of aromatic nitrogens is 2. The molecule has 6 nitrogen and oxygen atoms in total. The van der Waals surface area contributed by atoms with Gasteiger partial charge in [0.25, 0.3) is 0 Å². The van der Waals surface area contributed by atoms with Gasteiger partial charge in [-0.3, -0.25) is 9.97 Å². The van der Waals surface area contributed by atoms with Crippen LogP contribution >= 0.6 is 0 Å². The number of rotatable bonds is 4. The van der Waals surface area contributed by atoms with E-state index < -0.39 is 10.0 Å². The molecule has 2 aliphatic rings. The molecule has 0 atom stereocenters. The summed E-state index contributed by atoms with van der Waals surface area (Å²) in [5.74, 6) is 0.